The van der Waals surface area contributed by atoms with Crippen LogP contribution in [0.5, 0.6) is 5.75 Å². The predicted molar refractivity (Wildman–Crippen MR) is 126 cm³/mol. The van der Waals surface area contributed by atoms with Gasteiger partial charge in [0.15, 0.2) is 0 Å². The van der Waals surface area contributed by atoms with Gasteiger partial charge in [0, 0.05) is 28.9 Å². The number of fused-ring (bicyclic) bond motifs is 3. The first-order chi connectivity index (χ1) is 14.4. The van der Waals surface area contributed by atoms with Crippen molar-refractivity contribution < 1.29 is 9.53 Å². The molecule has 0 saturated heterocycles. The third-order valence-corrected chi connectivity index (χ3v) is 7.58. The second-order valence-electron chi connectivity index (χ2n) is 7.63. The molecule has 5 nitrogen and oxygen atoms in total. The topological polar surface area (TPSA) is 62.7 Å². The van der Waals surface area contributed by atoms with Gasteiger partial charge < -0.3 is 15.4 Å². The van der Waals surface area contributed by atoms with E-state index in [1.165, 1.54) is 10.4 Å². The maximum Gasteiger partial charge on any atom is 0.224 e. The summed E-state index contributed by atoms with van der Waals surface area (Å²) in [7, 11) is 3.45. The fourth-order valence-electron chi connectivity index (χ4n) is 3.47. The maximum absolute atomic E-state index is 11.6. The number of benzene rings is 2. The highest BCUT2D eigenvalue weighted by Gasteiger charge is 2.33. The number of carbonyl (C=O) groups is 1. The van der Waals surface area contributed by atoms with Crippen LogP contribution in [0.25, 0.3) is 11.1 Å². The van der Waals surface area contributed by atoms with Crippen LogP contribution in [0.1, 0.15) is 39.0 Å². The van der Waals surface area contributed by atoms with E-state index in [0.717, 1.165) is 33.0 Å². The van der Waals surface area contributed by atoms with Crippen molar-refractivity contribution in [3.05, 3.63) is 52.0 Å². The van der Waals surface area contributed by atoms with E-state index >= 15 is 0 Å². The minimum atomic E-state index is -0.168. The quantitative estimate of drug-likeness (QED) is 0.471. The van der Waals surface area contributed by atoms with Gasteiger partial charge in [0.05, 0.1) is 22.7 Å². The van der Waals surface area contributed by atoms with E-state index in [4.69, 9.17) is 9.73 Å². The molecule has 0 radical (unpaired) electrons. The van der Waals surface area contributed by atoms with Gasteiger partial charge in [-0.05, 0) is 63.2 Å². The Bertz CT molecular complexity index is 1140. The van der Waals surface area contributed by atoms with Crippen molar-refractivity contribution in [2.75, 3.05) is 17.2 Å². The van der Waals surface area contributed by atoms with Crippen molar-refractivity contribution in [1.82, 2.24) is 0 Å². The molecule has 0 spiro atoms. The highest BCUT2D eigenvalue weighted by Crippen LogP contribution is 2.46. The molecule has 3 aromatic rings. The van der Waals surface area contributed by atoms with E-state index < -0.39 is 0 Å². The number of carbonyl (C=O) groups excluding carboxylic acids is 1. The lowest BCUT2D eigenvalue weighted by molar-refractivity contribution is -0.115. The zero-order valence-electron chi connectivity index (χ0n) is 17.5. The third-order valence-electron chi connectivity index (χ3n) is 4.93. The minimum Gasteiger partial charge on any atom is -0.494 e. The van der Waals surface area contributed by atoms with E-state index in [1.54, 1.807) is 20.7 Å². The molecule has 1 aromatic heterocycles. The Morgan fingerprint density at radius 3 is 2.60 bits per heavy atom. The Labute approximate surface area is 183 Å². The SMILES string of the molecule is CCOc1ccc2c(c1)-c1c(ssc1=Nc1ccc(NC(=O)CC)cc1)C(C)(C)N2. The molecule has 0 aliphatic carbocycles. The number of hydrogen-bond acceptors (Lipinski definition) is 6. The van der Waals surface area contributed by atoms with E-state index in [1.807, 2.05) is 44.2 Å². The lowest BCUT2D eigenvalue weighted by atomic mass is 9.90. The summed E-state index contributed by atoms with van der Waals surface area (Å²) in [6.45, 7) is 8.86. The molecule has 1 aliphatic heterocycles. The van der Waals surface area contributed by atoms with Gasteiger partial charge >= 0.3 is 0 Å². The van der Waals surface area contributed by atoms with Gasteiger partial charge in [-0.3, -0.25) is 4.79 Å². The number of rotatable bonds is 5. The molecule has 2 N–H and O–H groups in total. The summed E-state index contributed by atoms with van der Waals surface area (Å²) in [5, 5.41) is 6.52. The summed E-state index contributed by atoms with van der Waals surface area (Å²) in [6.07, 6.45) is 0.460. The Balaban J connectivity index is 1.78. The standard InChI is InChI=1S/C23H25N3O2S2/c1-5-19(27)24-14-7-9-15(10-8-14)25-22-20-17-13-16(28-6-2)11-12-18(17)26-23(3,4)21(20)29-30-22/h7-13,26H,5-6H2,1-4H3,(H,24,27). The lowest BCUT2D eigenvalue weighted by Crippen LogP contribution is -2.31. The summed E-state index contributed by atoms with van der Waals surface area (Å²) in [4.78, 5) is 17.8. The lowest BCUT2D eigenvalue weighted by Gasteiger charge is -2.33. The molecule has 0 fully saturated rings. The molecule has 2 heterocycles. The highest BCUT2D eigenvalue weighted by atomic mass is 32.9. The number of hydrogen-bond donors (Lipinski definition) is 2. The molecule has 156 valence electrons. The third kappa shape index (κ3) is 4.00. The first-order valence-electron chi connectivity index (χ1n) is 10.0. The molecule has 0 saturated carbocycles. The van der Waals surface area contributed by atoms with Crippen LogP contribution >= 0.6 is 20.7 Å². The van der Waals surface area contributed by atoms with E-state index in [2.05, 4.69) is 36.6 Å². The second kappa shape index (κ2) is 8.24. The van der Waals surface area contributed by atoms with Gasteiger partial charge in [0.2, 0.25) is 5.91 Å². The zero-order chi connectivity index (χ0) is 21.3. The fourth-order valence-corrected chi connectivity index (χ4v) is 6.40. The zero-order valence-corrected chi connectivity index (χ0v) is 19.2. The van der Waals surface area contributed by atoms with Gasteiger partial charge in [-0.2, -0.15) is 0 Å². The minimum absolute atomic E-state index is 0.00487. The summed E-state index contributed by atoms with van der Waals surface area (Å²) in [6, 6.07) is 13.8. The van der Waals surface area contributed by atoms with Gasteiger partial charge in [-0.1, -0.05) is 27.6 Å². The smallest absolute Gasteiger partial charge is 0.224 e. The van der Waals surface area contributed by atoms with Gasteiger partial charge in [-0.25, -0.2) is 4.99 Å². The van der Waals surface area contributed by atoms with Crippen LogP contribution in [0.3, 0.4) is 0 Å². The molecular formula is C23H25N3O2S2. The molecule has 4 rings (SSSR count). The normalized spacial score (nSPS) is 14.5. The Morgan fingerprint density at radius 1 is 1.13 bits per heavy atom. The van der Waals surface area contributed by atoms with Gasteiger partial charge in [0.25, 0.3) is 0 Å². The summed E-state index contributed by atoms with van der Waals surface area (Å²) in [5.74, 6) is 0.868. The average Bonchev–Trinajstić information content (AvgIpc) is 3.15. The molecule has 2 aromatic carbocycles. The van der Waals surface area contributed by atoms with E-state index in [-0.39, 0.29) is 11.4 Å². The molecule has 0 atom stereocenters. The number of ether oxygens (including phenoxy) is 1. The number of amides is 1. The van der Waals surface area contributed by atoms with Crippen molar-refractivity contribution in [3.63, 3.8) is 0 Å². The van der Waals surface area contributed by atoms with Crippen LogP contribution in [-0.4, -0.2) is 12.5 Å². The van der Waals surface area contributed by atoms with E-state index in [0.29, 0.717) is 13.0 Å². The largest absolute Gasteiger partial charge is 0.494 e. The van der Waals surface area contributed by atoms with Crippen molar-refractivity contribution >= 4 is 43.7 Å². The molecule has 1 amide bonds. The molecule has 0 bridgehead atoms. The maximum atomic E-state index is 11.6. The van der Waals surface area contributed by atoms with Crippen molar-refractivity contribution in [2.24, 2.45) is 4.99 Å². The van der Waals surface area contributed by atoms with Crippen LogP contribution in [-0.2, 0) is 10.3 Å². The first kappa shape index (κ1) is 20.6. The molecule has 30 heavy (non-hydrogen) atoms. The van der Waals surface area contributed by atoms with Crippen LogP contribution < -0.4 is 20.0 Å². The second-order valence-corrected chi connectivity index (χ2v) is 9.76. The number of nitrogens with zero attached hydrogens (tertiary/aromatic N) is 1. The number of nitrogens with one attached hydrogen (secondary N) is 2. The van der Waals surface area contributed by atoms with Crippen molar-refractivity contribution in [2.45, 2.75) is 39.7 Å². The number of anilines is 2. The van der Waals surface area contributed by atoms with Gasteiger partial charge in [-0.15, -0.1) is 0 Å². The predicted octanol–water partition coefficient (Wildman–Crippen LogP) is 6.12. The molecule has 7 heteroatoms. The van der Waals surface area contributed by atoms with Crippen molar-refractivity contribution in [1.29, 1.82) is 0 Å². The fraction of sp³-hybridized carbons (Fsp3) is 0.304. The Hall–Kier alpha value is -2.64. The van der Waals surface area contributed by atoms with Crippen LogP contribution in [0, 0.1) is 0 Å². The molecule has 0 unspecified atom stereocenters. The van der Waals surface area contributed by atoms with Crippen LogP contribution in [0.15, 0.2) is 47.5 Å². The molecular weight excluding hydrogens is 414 g/mol. The summed E-state index contributed by atoms with van der Waals surface area (Å²) >= 11 is 0. The van der Waals surface area contributed by atoms with E-state index in [9.17, 15) is 4.79 Å². The summed E-state index contributed by atoms with van der Waals surface area (Å²) < 4.78 is 6.73. The summed E-state index contributed by atoms with van der Waals surface area (Å²) in [5.41, 5.74) is 4.87. The highest BCUT2D eigenvalue weighted by molar-refractivity contribution is 7.68. The first-order valence-corrected chi connectivity index (χ1v) is 12.2. The van der Waals surface area contributed by atoms with Crippen LogP contribution in [0.4, 0.5) is 17.1 Å². The van der Waals surface area contributed by atoms with Crippen molar-refractivity contribution in [3.8, 4) is 16.9 Å². The molecule has 1 aliphatic rings. The van der Waals surface area contributed by atoms with Gasteiger partial charge in [0.1, 0.15) is 10.4 Å². The average molecular weight is 440 g/mol. The van der Waals surface area contributed by atoms with Crippen LogP contribution in [0.2, 0.25) is 0 Å². The monoisotopic (exact) mass is 439 g/mol. The Morgan fingerprint density at radius 2 is 1.90 bits per heavy atom. The Kier molecular flexibility index (Phi) is 5.66.